The summed E-state index contributed by atoms with van der Waals surface area (Å²) in [6.07, 6.45) is 4.33. The molecule has 2 amide bonds. The fraction of sp³-hybridized carbons (Fsp3) is 0.0625. The Balaban J connectivity index is 1.34. The molecule has 42 heavy (non-hydrogen) atoms. The molecule has 0 aromatic heterocycles. The predicted molar refractivity (Wildman–Crippen MR) is 162 cm³/mol. The fourth-order valence-electron chi connectivity index (χ4n) is 3.64. The zero-order valence-corrected chi connectivity index (χ0v) is 23.4. The highest BCUT2D eigenvalue weighted by Gasteiger charge is 2.11. The molecule has 0 fully saturated rings. The number of amides is 2. The molecular formula is C32H26ClN3O6. The molecule has 0 bridgehead atoms. The summed E-state index contributed by atoms with van der Waals surface area (Å²) in [5.41, 5.74) is 5.03. The lowest BCUT2D eigenvalue weighted by Gasteiger charge is -2.09. The van der Waals surface area contributed by atoms with E-state index in [1.165, 1.54) is 19.4 Å². The van der Waals surface area contributed by atoms with Crippen LogP contribution in [0.4, 0.5) is 5.69 Å². The van der Waals surface area contributed by atoms with Crippen LogP contribution < -0.4 is 25.0 Å². The van der Waals surface area contributed by atoms with Gasteiger partial charge in [0.2, 0.25) is 0 Å². The molecule has 0 heterocycles. The van der Waals surface area contributed by atoms with Crippen LogP contribution in [-0.2, 0) is 4.79 Å². The van der Waals surface area contributed by atoms with Gasteiger partial charge in [0.1, 0.15) is 5.75 Å². The van der Waals surface area contributed by atoms with Crippen molar-refractivity contribution in [2.75, 3.05) is 19.5 Å². The number of methoxy groups -OCH3 is 2. The van der Waals surface area contributed by atoms with Crippen molar-refractivity contribution >= 4 is 47.4 Å². The van der Waals surface area contributed by atoms with Crippen molar-refractivity contribution in [3.8, 4) is 17.2 Å². The van der Waals surface area contributed by atoms with Crippen LogP contribution in [-0.4, -0.2) is 38.2 Å². The van der Waals surface area contributed by atoms with Gasteiger partial charge in [-0.15, -0.1) is 0 Å². The summed E-state index contributed by atoms with van der Waals surface area (Å²) in [7, 11) is 2.99. The van der Waals surface area contributed by atoms with Gasteiger partial charge in [0, 0.05) is 27.9 Å². The summed E-state index contributed by atoms with van der Waals surface area (Å²) < 4.78 is 15.8. The van der Waals surface area contributed by atoms with E-state index in [0.29, 0.717) is 38.9 Å². The van der Waals surface area contributed by atoms with Gasteiger partial charge >= 0.3 is 5.97 Å². The Hall–Kier alpha value is -5.41. The number of ether oxygens (including phenoxy) is 3. The minimum atomic E-state index is -0.584. The Labute approximate surface area is 247 Å². The van der Waals surface area contributed by atoms with Gasteiger partial charge in [-0.3, -0.25) is 9.59 Å². The first-order valence-electron chi connectivity index (χ1n) is 12.6. The van der Waals surface area contributed by atoms with Gasteiger partial charge in [-0.1, -0.05) is 29.8 Å². The summed E-state index contributed by atoms with van der Waals surface area (Å²) in [6, 6.07) is 24.9. The van der Waals surface area contributed by atoms with E-state index in [4.69, 9.17) is 25.8 Å². The maximum atomic E-state index is 12.6. The number of benzene rings is 4. The van der Waals surface area contributed by atoms with Crippen molar-refractivity contribution in [3.05, 3.63) is 124 Å². The third-order valence-electron chi connectivity index (χ3n) is 5.79. The van der Waals surface area contributed by atoms with Crippen molar-refractivity contribution in [1.82, 2.24) is 5.43 Å². The normalized spacial score (nSPS) is 10.8. The molecule has 0 atom stereocenters. The number of carbonyl (C=O) groups is 3. The molecule has 0 radical (unpaired) electrons. The monoisotopic (exact) mass is 583 g/mol. The number of carbonyl (C=O) groups excluding carboxylic acids is 3. The summed E-state index contributed by atoms with van der Waals surface area (Å²) in [4.78, 5) is 37.5. The van der Waals surface area contributed by atoms with Crippen molar-refractivity contribution in [3.63, 3.8) is 0 Å². The first-order chi connectivity index (χ1) is 20.3. The van der Waals surface area contributed by atoms with Gasteiger partial charge in [0.25, 0.3) is 11.8 Å². The molecule has 4 aromatic carbocycles. The lowest BCUT2D eigenvalue weighted by molar-refractivity contribution is -0.129. The van der Waals surface area contributed by atoms with E-state index in [1.807, 2.05) is 0 Å². The third-order valence-corrected chi connectivity index (χ3v) is 6.05. The van der Waals surface area contributed by atoms with E-state index in [9.17, 15) is 14.4 Å². The molecule has 4 aromatic rings. The number of halogens is 1. The highest BCUT2D eigenvalue weighted by atomic mass is 35.5. The highest BCUT2D eigenvalue weighted by molar-refractivity contribution is 6.30. The van der Waals surface area contributed by atoms with Gasteiger partial charge in [-0.05, 0) is 90.0 Å². The maximum Gasteiger partial charge on any atom is 0.336 e. The minimum Gasteiger partial charge on any atom is -0.497 e. The average Bonchev–Trinajstić information content (AvgIpc) is 3.01. The molecule has 10 heteroatoms. The highest BCUT2D eigenvalue weighted by Crippen LogP contribution is 2.28. The molecule has 2 N–H and O–H groups in total. The molecule has 0 saturated carbocycles. The summed E-state index contributed by atoms with van der Waals surface area (Å²) in [6.45, 7) is 0. The van der Waals surface area contributed by atoms with E-state index >= 15 is 0 Å². The number of nitrogens with one attached hydrogen (secondary N) is 2. The molecule has 0 aliphatic heterocycles. The molecule has 0 unspecified atom stereocenters. The second kappa shape index (κ2) is 14.3. The lowest BCUT2D eigenvalue weighted by atomic mass is 10.1. The number of hydrogen-bond donors (Lipinski definition) is 2. The summed E-state index contributed by atoms with van der Waals surface area (Å²) in [5.74, 6) is -0.219. The molecule has 9 nitrogen and oxygen atoms in total. The standard InChI is InChI=1S/C32H26ClN3O6/c1-40-27-14-10-23(11-15-27)31(38)35-26-5-3-4-24(19-26)32(39)36-34-20-22-8-16-28(29(18-22)41-2)42-30(37)17-9-21-6-12-25(33)13-7-21/h3-20H,1-2H3,(H,35,38)(H,36,39)/b17-9+,34-20?. The van der Waals surface area contributed by atoms with E-state index in [2.05, 4.69) is 15.8 Å². The Morgan fingerprint density at radius 2 is 1.50 bits per heavy atom. The summed E-state index contributed by atoms with van der Waals surface area (Å²) in [5, 5.41) is 7.37. The fourth-order valence-corrected chi connectivity index (χ4v) is 3.77. The first kappa shape index (κ1) is 29.6. The molecule has 0 aliphatic carbocycles. The van der Waals surface area contributed by atoms with Gasteiger partial charge in [0.15, 0.2) is 11.5 Å². The Morgan fingerprint density at radius 3 is 2.21 bits per heavy atom. The van der Waals surface area contributed by atoms with E-state index in [0.717, 1.165) is 5.56 Å². The van der Waals surface area contributed by atoms with E-state index < -0.39 is 11.9 Å². The van der Waals surface area contributed by atoms with Crippen LogP contribution in [0.15, 0.2) is 102 Å². The predicted octanol–water partition coefficient (Wildman–Crippen LogP) is 5.99. The second-order valence-corrected chi connectivity index (χ2v) is 9.12. The number of esters is 1. The van der Waals surface area contributed by atoms with Gasteiger partial charge in [-0.25, -0.2) is 10.2 Å². The van der Waals surface area contributed by atoms with Gasteiger partial charge in [-0.2, -0.15) is 5.10 Å². The molecular weight excluding hydrogens is 558 g/mol. The van der Waals surface area contributed by atoms with E-state index in [1.54, 1.807) is 104 Å². The van der Waals surface area contributed by atoms with Crippen LogP contribution >= 0.6 is 11.6 Å². The molecule has 0 spiro atoms. The number of nitrogens with zero attached hydrogens (tertiary/aromatic N) is 1. The van der Waals surface area contributed by atoms with Crippen molar-refractivity contribution in [1.29, 1.82) is 0 Å². The smallest absolute Gasteiger partial charge is 0.336 e. The van der Waals surface area contributed by atoms with Crippen molar-refractivity contribution in [2.24, 2.45) is 5.10 Å². The lowest BCUT2D eigenvalue weighted by Crippen LogP contribution is -2.18. The van der Waals surface area contributed by atoms with Crippen LogP contribution in [0, 0.1) is 0 Å². The Morgan fingerprint density at radius 1 is 0.762 bits per heavy atom. The zero-order valence-electron chi connectivity index (χ0n) is 22.7. The second-order valence-electron chi connectivity index (χ2n) is 8.68. The van der Waals surface area contributed by atoms with Crippen LogP contribution in [0.2, 0.25) is 5.02 Å². The number of hydrogen-bond acceptors (Lipinski definition) is 7. The van der Waals surface area contributed by atoms with Gasteiger partial charge in [0.05, 0.1) is 20.4 Å². The van der Waals surface area contributed by atoms with E-state index in [-0.39, 0.29) is 11.7 Å². The largest absolute Gasteiger partial charge is 0.497 e. The number of rotatable bonds is 10. The van der Waals surface area contributed by atoms with Crippen LogP contribution in [0.3, 0.4) is 0 Å². The average molecular weight is 584 g/mol. The summed E-state index contributed by atoms with van der Waals surface area (Å²) >= 11 is 5.87. The molecule has 212 valence electrons. The quantitative estimate of drug-likeness (QED) is 0.0779. The maximum absolute atomic E-state index is 12.6. The zero-order chi connectivity index (χ0) is 29.9. The molecule has 0 saturated heterocycles. The van der Waals surface area contributed by atoms with Crippen LogP contribution in [0.1, 0.15) is 31.8 Å². The van der Waals surface area contributed by atoms with Crippen molar-refractivity contribution in [2.45, 2.75) is 0 Å². The Bertz CT molecular complexity index is 1630. The van der Waals surface area contributed by atoms with Gasteiger partial charge < -0.3 is 19.5 Å². The topological polar surface area (TPSA) is 115 Å². The Kier molecular flexibility index (Phi) is 10.1. The molecule has 4 rings (SSSR count). The number of anilines is 1. The SMILES string of the molecule is COc1ccc(C(=O)Nc2cccc(C(=O)NN=Cc3ccc(OC(=O)/C=C/c4ccc(Cl)cc4)c(OC)c3)c2)cc1. The minimum absolute atomic E-state index is 0.220. The van der Waals surface area contributed by atoms with Crippen LogP contribution in [0.5, 0.6) is 17.2 Å². The first-order valence-corrected chi connectivity index (χ1v) is 12.9. The third kappa shape index (κ3) is 8.30. The van der Waals surface area contributed by atoms with Crippen molar-refractivity contribution < 1.29 is 28.6 Å². The number of hydrazone groups is 1. The van der Waals surface area contributed by atoms with Crippen LogP contribution in [0.25, 0.3) is 6.08 Å². The molecule has 0 aliphatic rings.